The summed E-state index contributed by atoms with van der Waals surface area (Å²) < 4.78 is 5.14. The molecule has 0 amide bonds. The van der Waals surface area contributed by atoms with Crippen molar-refractivity contribution < 1.29 is 9.53 Å². The van der Waals surface area contributed by atoms with Crippen LogP contribution in [0.4, 0.5) is 11.4 Å². The monoisotopic (exact) mass is 282 g/mol. The van der Waals surface area contributed by atoms with Gasteiger partial charge in [-0.2, -0.15) is 0 Å². The molecule has 1 fully saturated rings. The Labute approximate surface area is 118 Å². The maximum Gasteiger partial charge on any atom is 0.338 e. The minimum absolute atomic E-state index is 0.161. The molecule has 0 spiro atoms. The van der Waals surface area contributed by atoms with Gasteiger partial charge in [0.15, 0.2) is 0 Å². The Kier molecular flexibility index (Phi) is 4.20. The minimum atomic E-state index is -0.392. The maximum atomic E-state index is 11.8. The Balaban J connectivity index is 2.28. The van der Waals surface area contributed by atoms with Gasteiger partial charge in [-0.25, -0.2) is 4.79 Å². The third kappa shape index (κ3) is 3.13. The molecule has 104 valence electrons. The zero-order valence-electron chi connectivity index (χ0n) is 11.3. The molecular formula is C14H19ClN2O2. The van der Waals surface area contributed by atoms with Crippen LogP contribution in [0, 0.1) is 0 Å². The number of ether oxygens (including phenoxy) is 1. The number of nitrogens with two attached hydrogens (primary N) is 1. The predicted octanol–water partition coefficient (Wildman–Crippen LogP) is 3.09. The normalized spacial score (nSPS) is 15.1. The van der Waals surface area contributed by atoms with E-state index >= 15 is 0 Å². The molecule has 0 saturated carbocycles. The SMILES string of the molecule is CC(C)OC(=O)c1cc(N)c(N2CCCC2)c(Cl)c1. The van der Waals surface area contributed by atoms with Gasteiger partial charge in [0.1, 0.15) is 0 Å². The van der Waals surface area contributed by atoms with Crippen LogP contribution in [-0.4, -0.2) is 25.2 Å². The van der Waals surface area contributed by atoms with Gasteiger partial charge in [0.2, 0.25) is 0 Å². The van der Waals surface area contributed by atoms with Crippen LogP contribution in [0.5, 0.6) is 0 Å². The van der Waals surface area contributed by atoms with E-state index in [1.54, 1.807) is 12.1 Å². The molecule has 5 heteroatoms. The number of carbonyl (C=O) groups is 1. The van der Waals surface area contributed by atoms with Gasteiger partial charge in [-0.1, -0.05) is 11.6 Å². The minimum Gasteiger partial charge on any atom is -0.459 e. The molecule has 0 aromatic heterocycles. The van der Waals surface area contributed by atoms with Crippen LogP contribution in [-0.2, 0) is 4.74 Å². The Bertz CT molecular complexity index is 459. The number of nitrogens with zero attached hydrogens (tertiary/aromatic N) is 1. The highest BCUT2D eigenvalue weighted by atomic mass is 35.5. The van der Waals surface area contributed by atoms with Crippen molar-refractivity contribution in [2.24, 2.45) is 0 Å². The van der Waals surface area contributed by atoms with Crippen molar-refractivity contribution in [3.8, 4) is 0 Å². The maximum absolute atomic E-state index is 11.8. The van der Waals surface area contributed by atoms with E-state index in [1.807, 2.05) is 13.8 Å². The molecule has 1 aromatic carbocycles. The summed E-state index contributed by atoms with van der Waals surface area (Å²) in [4.78, 5) is 14.0. The van der Waals surface area contributed by atoms with Gasteiger partial charge in [0.25, 0.3) is 0 Å². The van der Waals surface area contributed by atoms with Crippen LogP contribution in [0.1, 0.15) is 37.0 Å². The van der Waals surface area contributed by atoms with E-state index < -0.39 is 5.97 Å². The molecule has 1 heterocycles. The Morgan fingerprint density at radius 2 is 2.00 bits per heavy atom. The van der Waals surface area contributed by atoms with Gasteiger partial charge in [0, 0.05) is 13.1 Å². The lowest BCUT2D eigenvalue weighted by atomic mass is 10.1. The number of esters is 1. The highest BCUT2D eigenvalue weighted by Gasteiger charge is 2.20. The van der Waals surface area contributed by atoms with Crippen LogP contribution in [0.2, 0.25) is 5.02 Å². The lowest BCUT2D eigenvalue weighted by Gasteiger charge is -2.22. The topological polar surface area (TPSA) is 55.6 Å². The second-order valence-corrected chi connectivity index (χ2v) is 5.45. The predicted molar refractivity (Wildman–Crippen MR) is 77.9 cm³/mol. The summed E-state index contributed by atoms with van der Waals surface area (Å²) in [6, 6.07) is 3.28. The number of hydrogen-bond acceptors (Lipinski definition) is 4. The van der Waals surface area contributed by atoms with E-state index in [4.69, 9.17) is 22.1 Å². The Morgan fingerprint density at radius 3 is 2.53 bits per heavy atom. The number of halogens is 1. The smallest absolute Gasteiger partial charge is 0.338 e. The number of carbonyl (C=O) groups excluding carboxylic acids is 1. The van der Waals surface area contributed by atoms with Crippen molar-refractivity contribution in [1.29, 1.82) is 0 Å². The highest BCUT2D eigenvalue weighted by Crippen LogP contribution is 2.35. The van der Waals surface area contributed by atoms with Gasteiger partial charge < -0.3 is 15.4 Å². The summed E-state index contributed by atoms with van der Waals surface area (Å²) in [7, 11) is 0. The van der Waals surface area contributed by atoms with Crippen molar-refractivity contribution in [3.05, 3.63) is 22.7 Å². The number of hydrogen-bond donors (Lipinski definition) is 1. The standard InChI is InChI=1S/C14H19ClN2O2/c1-9(2)19-14(18)10-7-11(15)13(12(16)8-10)17-5-3-4-6-17/h7-9H,3-6,16H2,1-2H3. The molecule has 0 aliphatic carbocycles. The molecule has 4 nitrogen and oxygen atoms in total. The summed E-state index contributed by atoms with van der Waals surface area (Å²) in [5.74, 6) is -0.392. The summed E-state index contributed by atoms with van der Waals surface area (Å²) in [5, 5.41) is 0.512. The van der Waals surface area contributed by atoms with Gasteiger partial charge in [0.05, 0.1) is 28.1 Å². The van der Waals surface area contributed by atoms with Gasteiger partial charge >= 0.3 is 5.97 Å². The first-order valence-electron chi connectivity index (χ1n) is 6.54. The number of rotatable bonds is 3. The molecule has 19 heavy (non-hydrogen) atoms. The largest absolute Gasteiger partial charge is 0.459 e. The fourth-order valence-corrected chi connectivity index (χ4v) is 2.64. The van der Waals surface area contributed by atoms with Crippen molar-refractivity contribution in [1.82, 2.24) is 0 Å². The molecule has 2 rings (SSSR count). The fourth-order valence-electron chi connectivity index (χ4n) is 2.29. The second kappa shape index (κ2) is 5.70. The first kappa shape index (κ1) is 14.0. The molecule has 1 aromatic rings. The molecule has 0 bridgehead atoms. The van der Waals surface area contributed by atoms with Crippen LogP contribution in [0.25, 0.3) is 0 Å². The lowest BCUT2D eigenvalue weighted by Crippen LogP contribution is -2.20. The van der Waals surface area contributed by atoms with Crippen LogP contribution in [0.15, 0.2) is 12.1 Å². The van der Waals surface area contributed by atoms with Crippen LogP contribution < -0.4 is 10.6 Å². The van der Waals surface area contributed by atoms with Gasteiger partial charge in [-0.15, -0.1) is 0 Å². The van der Waals surface area contributed by atoms with E-state index in [2.05, 4.69) is 4.90 Å². The average Bonchev–Trinajstić information content (AvgIpc) is 2.80. The van der Waals surface area contributed by atoms with Crippen molar-refractivity contribution in [2.75, 3.05) is 23.7 Å². The Morgan fingerprint density at radius 1 is 1.37 bits per heavy atom. The summed E-state index contributed by atoms with van der Waals surface area (Å²) in [6.45, 7) is 5.53. The van der Waals surface area contributed by atoms with Gasteiger partial charge in [-0.05, 0) is 38.8 Å². The van der Waals surface area contributed by atoms with Gasteiger partial charge in [-0.3, -0.25) is 0 Å². The van der Waals surface area contributed by atoms with Crippen molar-refractivity contribution in [2.45, 2.75) is 32.8 Å². The summed E-state index contributed by atoms with van der Waals surface area (Å²) >= 11 is 6.27. The van der Waals surface area contributed by atoms with E-state index in [0.29, 0.717) is 16.3 Å². The van der Waals surface area contributed by atoms with Crippen LogP contribution >= 0.6 is 11.6 Å². The third-order valence-electron chi connectivity index (χ3n) is 3.09. The zero-order chi connectivity index (χ0) is 14.0. The molecule has 1 aliphatic heterocycles. The highest BCUT2D eigenvalue weighted by molar-refractivity contribution is 6.34. The molecular weight excluding hydrogens is 264 g/mol. The zero-order valence-corrected chi connectivity index (χ0v) is 12.0. The van der Waals surface area contributed by atoms with Crippen molar-refractivity contribution in [3.63, 3.8) is 0 Å². The lowest BCUT2D eigenvalue weighted by molar-refractivity contribution is 0.0378. The summed E-state index contributed by atoms with van der Waals surface area (Å²) in [6.07, 6.45) is 2.13. The number of nitrogen functional groups attached to an aromatic ring is 1. The molecule has 0 radical (unpaired) electrons. The molecule has 1 saturated heterocycles. The van der Waals surface area contributed by atoms with E-state index in [-0.39, 0.29) is 6.10 Å². The second-order valence-electron chi connectivity index (χ2n) is 5.04. The third-order valence-corrected chi connectivity index (χ3v) is 3.38. The average molecular weight is 283 g/mol. The van der Waals surface area contributed by atoms with Crippen molar-refractivity contribution >= 4 is 28.9 Å². The fraction of sp³-hybridized carbons (Fsp3) is 0.500. The van der Waals surface area contributed by atoms with E-state index in [0.717, 1.165) is 31.6 Å². The first-order valence-corrected chi connectivity index (χ1v) is 6.92. The number of benzene rings is 1. The Hall–Kier alpha value is -1.42. The number of anilines is 2. The van der Waals surface area contributed by atoms with E-state index in [9.17, 15) is 4.79 Å². The molecule has 1 aliphatic rings. The molecule has 2 N–H and O–H groups in total. The first-order chi connectivity index (χ1) is 8.99. The molecule has 0 atom stereocenters. The van der Waals surface area contributed by atoms with Crippen LogP contribution in [0.3, 0.4) is 0 Å². The summed E-state index contributed by atoms with van der Waals surface area (Å²) in [5.41, 5.74) is 7.80. The molecule has 0 unspecified atom stereocenters. The van der Waals surface area contributed by atoms with E-state index in [1.165, 1.54) is 0 Å². The quantitative estimate of drug-likeness (QED) is 0.684.